The molecule has 18 heavy (non-hydrogen) atoms. The molecule has 0 heterocycles. The van der Waals surface area contributed by atoms with E-state index < -0.39 is 0 Å². The summed E-state index contributed by atoms with van der Waals surface area (Å²) < 4.78 is 19.1. The second-order valence-corrected chi connectivity index (χ2v) is 4.86. The number of thiocarbonyl (C=S) groups is 1. The molecule has 0 unspecified atom stereocenters. The molecule has 2 nitrogen and oxygen atoms in total. The van der Waals surface area contributed by atoms with E-state index in [2.05, 4.69) is 15.9 Å². The first-order chi connectivity index (χ1) is 8.56. The van der Waals surface area contributed by atoms with Gasteiger partial charge in [-0.25, -0.2) is 4.39 Å². The first kappa shape index (κ1) is 13.0. The van der Waals surface area contributed by atoms with E-state index in [0.717, 1.165) is 10.0 Å². The quantitative estimate of drug-likeness (QED) is 0.866. The van der Waals surface area contributed by atoms with Crippen LogP contribution in [0.4, 0.5) is 4.39 Å². The largest absolute Gasteiger partial charge is 0.457 e. The highest BCUT2D eigenvalue weighted by Gasteiger charge is 2.05. The van der Waals surface area contributed by atoms with E-state index in [1.807, 2.05) is 0 Å². The number of benzene rings is 2. The maximum absolute atomic E-state index is 12.7. The van der Waals surface area contributed by atoms with E-state index in [1.54, 1.807) is 30.3 Å². The zero-order chi connectivity index (χ0) is 13.1. The summed E-state index contributed by atoms with van der Waals surface area (Å²) in [6.45, 7) is 0. The molecule has 0 amide bonds. The second-order valence-electron chi connectivity index (χ2n) is 3.56. The number of halogens is 2. The van der Waals surface area contributed by atoms with Crippen molar-refractivity contribution in [2.45, 2.75) is 0 Å². The van der Waals surface area contributed by atoms with E-state index in [-0.39, 0.29) is 5.82 Å². The van der Waals surface area contributed by atoms with Crippen LogP contribution in [0.3, 0.4) is 0 Å². The van der Waals surface area contributed by atoms with Crippen molar-refractivity contribution in [3.05, 3.63) is 58.3 Å². The summed E-state index contributed by atoms with van der Waals surface area (Å²) in [5, 5.41) is 0. The van der Waals surface area contributed by atoms with Gasteiger partial charge < -0.3 is 10.5 Å². The summed E-state index contributed by atoms with van der Waals surface area (Å²) in [5.74, 6) is 0.882. The predicted octanol–water partition coefficient (Wildman–Crippen LogP) is 4.01. The Morgan fingerprint density at radius 2 is 1.72 bits per heavy atom. The van der Waals surface area contributed by atoms with Crippen molar-refractivity contribution in [2.24, 2.45) is 5.73 Å². The van der Waals surface area contributed by atoms with Gasteiger partial charge in [0.2, 0.25) is 0 Å². The summed E-state index contributed by atoms with van der Waals surface area (Å²) in [7, 11) is 0. The molecule has 0 aliphatic carbocycles. The molecule has 0 radical (unpaired) electrons. The summed E-state index contributed by atoms with van der Waals surface area (Å²) in [6, 6.07) is 11.1. The van der Waals surface area contributed by atoms with Gasteiger partial charge in [-0.2, -0.15) is 0 Å². The van der Waals surface area contributed by atoms with Gasteiger partial charge >= 0.3 is 0 Å². The van der Waals surface area contributed by atoms with Crippen LogP contribution in [0.1, 0.15) is 5.56 Å². The van der Waals surface area contributed by atoms with Crippen molar-refractivity contribution >= 4 is 33.1 Å². The Kier molecular flexibility index (Phi) is 3.93. The molecule has 0 fully saturated rings. The standard InChI is InChI=1S/C13H9BrFNOS/c14-12-7-10(5-6-11(12)13(16)18)17-9-3-1-8(15)2-4-9/h1-7H,(H2,16,18). The highest BCUT2D eigenvalue weighted by molar-refractivity contribution is 9.10. The van der Waals surface area contributed by atoms with Crippen molar-refractivity contribution < 1.29 is 9.13 Å². The van der Waals surface area contributed by atoms with Crippen LogP contribution in [0, 0.1) is 5.82 Å². The Morgan fingerprint density at radius 1 is 1.11 bits per heavy atom. The first-order valence-electron chi connectivity index (χ1n) is 5.09. The molecule has 0 atom stereocenters. The molecule has 0 aliphatic heterocycles. The maximum atomic E-state index is 12.7. The number of hydrogen-bond acceptors (Lipinski definition) is 2. The molecule has 0 spiro atoms. The van der Waals surface area contributed by atoms with Crippen molar-refractivity contribution in [1.82, 2.24) is 0 Å². The van der Waals surface area contributed by atoms with Crippen LogP contribution < -0.4 is 10.5 Å². The third-order valence-corrected chi connectivity index (χ3v) is 3.13. The lowest BCUT2D eigenvalue weighted by atomic mass is 10.2. The molecule has 92 valence electrons. The van der Waals surface area contributed by atoms with Gasteiger partial charge in [-0.05, 0) is 58.4 Å². The zero-order valence-electron chi connectivity index (χ0n) is 9.19. The molecule has 0 saturated heterocycles. The van der Waals surface area contributed by atoms with Gasteiger partial charge in [0.25, 0.3) is 0 Å². The Bertz CT molecular complexity index is 586. The van der Waals surface area contributed by atoms with Gasteiger partial charge in [0, 0.05) is 10.0 Å². The van der Waals surface area contributed by atoms with Crippen LogP contribution in [0.25, 0.3) is 0 Å². The van der Waals surface area contributed by atoms with Gasteiger partial charge in [-0.3, -0.25) is 0 Å². The van der Waals surface area contributed by atoms with Gasteiger partial charge in [0.1, 0.15) is 22.3 Å². The Balaban J connectivity index is 2.22. The van der Waals surface area contributed by atoms with Crippen LogP contribution in [-0.2, 0) is 0 Å². The molecular weight excluding hydrogens is 317 g/mol. The predicted molar refractivity (Wildman–Crippen MR) is 76.5 cm³/mol. The number of rotatable bonds is 3. The van der Waals surface area contributed by atoms with E-state index >= 15 is 0 Å². The number of ether oxygens (including phenoxy) is 1. The number of hydrogen-bond donors (Lipinski definition) is 1. The Hall–Kier alpha value is -1.46. The first-order valence-corrected chi connectivity index (χ1v) is 6.29. The van der Waals surface area contributed by atoms with Crippen molar-refractivity contribution in [1.29, 1.82) is 0 Å². The molecule has 0 aromatic heterocycles. The fourth-order valence-electron chi connectivity index (χ4n) is 1.40. The molecule has 5 heteroatoms. The average Bonchev–Trinajstić information content (AvgIpc) is 2.32. The molecule has 0 aliphatic rings. The molecular formula is C13H9BrFNOS. The van der Waals surface area contributed by atoms with Crippen molar-refractivity contribution in [3.8, 4) is 11.5 Å². The minimum Gasteiger partial charge on any atom is -0.457 e. The number of nitrogens with two attached hydrogens (primary N) is 1. The van der Waals surface area contributed by atoms with Crippen LogP contribution >= 0.6 is 28.1 Å². The van der Waals surface area contributed by atoms with E-state index in [4.69, 9.17) is 22.7 Å². The fourth-order valence-corrected chi connectivity index (χ4v) is 2.28. The fraction of sp³-hybridized carbons (Fsp3) is 0. The summed E-state index contributed by atoms with van der Waals surface area (Å²) >= 11 is 8.27. The molecule has 0 bridgehead atoms. The Labute approximate surface area is 118 Å². The molecule has 0 saturated carbocycles. The van der Waals surface area contributed by atoms with Gasteiger partial charge in [0.15, 0.2) is 0 Å². The third-order valence-electron chi connectivity index (χ3n) is 2.26. The van der Waals surface area contributed by atoms with Gasteiger partial charge in [-0.1, -0.05) is 12.2 Å². The topological polar surface area (TPSA) is 35.2 Å². The molecule has 2 aromatic carbocycles. The minimum atomic E-state index is -0.299. The SMILES string of the molecule is NC(=S)c1ccc(Oc2ccc(F)cc2)cc1Br. The Morgan fingerprint density at radius 3 is 2.28 bits per heavy atom. The monoisotopic (exact) mass is 325 g/mol. The lowest BCUT2D eigenvalue weighted by molar-refractivity contribution is 0.480. The van der Waals surface area contributed by atoms with E-state index in [9.17, 15) is 4.39 Å². The summed E-state index contributed by atoms with van der Waals surface area (Å²) in [6.07, 6.45) is 0. The zero-order valence-corrected chi connectivity index (χ0v) is 11.6. The lowest BCUT2D eigenvalue weighted by Crippen LogP contribution is -2.09. The molecule has 2 aromatic rings. The lowest BCUT2D eigenvalue weighted by Gasteiger charge is -2.08. The highest BCUT2D eigenvalue weighted by Crippen LogP contribution is 2.27. The second kappa shape index (κ2) is 5.46. The van der Waals surface area contributed by atoms with Crippen LogP contribution in [0.15, 0.2) is 46.9 Å². The average molecular weight is 326 g/mol. The minimum absolute atomic E-state index is 0.299. The summed E-state index contributed by atoms with van der Waals surface area (Å²) in [5.41, 5.74) is 6.30. The third kappa shape index (κ3) is 3.05. The maximum Gasteiger partial charge on any atom is 0.128 e. The van der Waals surface area contributed by atoms with E-state index in [0.29, 0.717) is 16.5 Å². The normalized spacial score (nSPS) is 10.1. The molecule has 2 rings (SSSR count). The van der Waals surface area contributed by atoms with Crippen LogP contribution in [0.2, 0.25) is 0 Å². The van der Waals surface area contributed by atoms with Crippen molar-refractivity contribution in [3.63, 3.8) is 0 Å². The van der Waals surface area contributed by atoms with Gasteiger partial charge in [0.05, 0.1) is 0 Å². The van der Waals surface area contributed by atoms with Crippen molar-refractivity contribution in [2.75, 3.05) is 0 Å². The van der Waals surface area contributed by atoms with E-state index in [1.165, 1.54) is 12.1 Å². The summed E-state index contributed by atoms with van der Waals surface area (Å²) in [4.78, 5) is 0.315. The van der Waals surface area contributed by atoms with Crippen LogP contribution in [-0.4, -0.2) is 4.99 Å². The van der Waals surface area contributed by atoms with Crippen LogP contribution in [0.5, 0.6) is 11.5 Å². The smallest absolute Gasteiger partial charge is 0.128 e. The van der Waals surface area contributed by atoms with Gasteiger partial charge in [-0.15, -0.1) is 0 Å². The molecule has 2 N–H and O–H groups in total. The highest BCUT2D eigenvalue weighted by atomic mass is 79.9.